The monoisotopic (exact) mass is 361 g/mol. The molecule has 5 nitrogen and oxygen atoms in total. The average molecular weight is 362 g/mol. The second-order valence-electron chi connectivity index (χ2n) is 5.51. The number of hydrogen-bond donors (Lipinski definition) is 2. The Bertz CT molecular complexity index is 612. The van der Waals surface area contributed by atoms with Crippen molar-refractivity contribution in [1.29, 1.82) is 0 Å². The number of hydrogen-bond acceptors (Lipinski definition) is 4. The van der Waals surface area contributed by atoms with Crippen molar-refractivity contribution in [3.8, 4) is 5.75 Å². The van der Waals surface area contributed by atoms with Crippen LogP contribution in [0.1, 0.15) is 24.5 Å². The first kappa shape index (κ1) is 19.3. The summed E-state index contributed by atoms with van der Waals surface area (Å²) >= 11 is 1.70. The molecular formula is C19H27N3O2S. The van der Waals surface area contributed by atoms with Crippen LogP contribution in [0.25, 0.3) is 0 Å². The third kappa shape index (κ3) is 7.58. The quantitative estimate of drug-likeness (QED) is 0.387. The molecule has 2 N–H and O–H groups in total. The molecule has 0 spiro atoms. The maximum Gasteiger partial charge on any atom is 0.191 e. The van der Waals surface area contributed by atoms with Crippen LogP contribution in [0, 0.1) is 0 Å². The van der Waals surface area contributed by atoms with Gasteiger partial charge in [-0.3, -0.25) is 0 Å². The highest BCUT2D eigenvalue weighted by atomic mass is 32.1. The summed E-state index contributed by atoms with van der Waals surface area (Å²) < 4.78 is 10.9. The van der Waals surface area contributed by atoms with Gasteiger partial charge >= 0.3 is 0 Å². The first-order valence-electron chi connectivity index (χ1n) is 8.55. The van der Waals surface area contributed by atoms with E-state index in [2.05, 4.69) is 39.4 Å². The summed E-state index contributed by atoms with van der Waals surface area (Å²) in [6.45, 7) is 5.79. The van der Waals surface area contributed by atoms with E-state index in [1.165, 1.54) is 5.56 Å². The number of benzene rings is 1. The molecule has 6 heteroatoms. The standard InChI is InChI=1S/C19H27N3O2S/c1-3-20-19(22-13-17-9-12-25-15-17)21-10-4-11-24-14-16-5-7-18(23-2)8-6-16/h5-9,12,15H,3-4,10-11,13-14H2,1-2H3,(H2,20,21,22). The molecule has 0 saturated carbocycles. The number of guanidine groups is 1. The number of nitrogens with one attached hydrogen (secondary N) is 2. The third-order valence-electron chi connectivity index (χ3n) is 3.53. The minimum atomic E-state index is 0.621. The summed E-state index contributed by atoms with van der Waals surface area (Å²) in [4.78, 5) is 4.59. The van der Waals surface area contributed by atoms with Crippen molar-refractivity contribution in [2.75, 3.05) is 26.8 Å². The van der Waals surface area contributed by atoms with Gasteiger partial charge in [0.1, 0.15) is 5.75 Å². The van der Waals surface area contributed by atoms with Gasteiger partial charge in [-0.05, 0) is 53.4 Å². The Balaban J connectivity index is 1.61. The molecule has 2 rings (SSSR count). The summed E-state index contributed by atoms with van der Waals surface area (Å²) in [6.07, 6.45) is 0.930. The van der Waals surface area contributed by atoms with Gasteiger partial charge in [-0.15, -0.1) is 0 Å². The lowest BCUT2D eigenvalue weighted by Crippen LogP contribution is -2.38. The summed E-state index contributed by atoms with van der Waals surface area (Å²) in [5.41, 5.74) is 2.39. The van der Waals surface area contributed by atoms with Gasteiger partial charge in [0, 0.05) is 19.7 Å². The number of thiophene rings is 1. The van der Waals surface area contributed by atoms with Crippen LogP contribution in [0.4, 0.5) is 0 Å². The Morgan fingerprint density at radius 3 is 2.64 bits per heavy atom. The predicted octanol–water partition coefficient (Wildman–Crippen LogP) is 3.42. The Morgan fingerprint density at radius 2 is 1.96 bits per heavy atom. The summed E-state index contributed by atoms with van der Waals surface area (Å²) in [6, 6.07) is 10.1. The van der Waals surface area contributed by atoms with Gasteiger partial charge in [0.2, 0.25) is 0 Å². The van der Waals surface area contributed by atoms with Crippen molar-refractivity contribution in [2.45, 2.75) is 26.5 Å². The molecule has 0 aliphatic carbocycles. The van der Waals surface area contributed by atoms with Crippen LogP contribution in [0.15, 0.2) is 46.1 Å². The molecule has 136 valence electrons. The topological polar surface area (TPSA) is 54.9 Å². The van der Waals surface area contributed by atoms with E-state index in [9.17, 15) is 0 Å². The fraction of sp³-hybridized carbons (Fsp3) is 0.421. The molecule has 2 aromatic rings. The fourth-order valence-corrected chi connectivity index (χ4v) is 2.85. The minimum Gasteiger partial charge on any atom is -0.497 e. The highest BCUT2D eigenvalue weighted by Gasteiger charge is 1.99. The van der Waals surface area contributed by atoms with E-state index in [0.29, 0.717) is 19.8 Å². The van der Waals surface area contributed by atoms with Crippen molar-refractivity contribution in [3.05, 3.63) is 52.2 Å². The molecule has 0 aliphatic rings. The average Bonchev–Trinajstić information content (AvgIpc) is 3.16. The first-order chi connectivity index (χ1) is 12.3. The van der Waals surface area contributed by atoms with Gasteiger partial charge in [0.25, 0.3) is 0 Å². The third-order valence-corrected chi connectivity index (χ3v) is 4.26. The molecule has 1 heterocycles. The molecule has 0 saturated heterocycles. The summed E-state index contributed by atoms with van der Waals surface area (Å²) in [5, 5.41) is 10.8. The first-order valence-corrected chi connectivity index (χ1v) is 9.50. The number of aliphatic imine (C=N–C) groups is 1. The van der Waals surface area contributed by atoms with Gasteiger partial charge in [-0.1, -0.05) is 12.1 Å². The number of methoxy groups -OCH3 is 1. The van der Waals surface area contributed by atoms with Crippen LogP contribution in [-0.4, -0.2) is 32.8 Å². The Hall–Kier alpha value is -2.05. The fourth-order valence-electron chi connectivity index (χ4n) is 2.19. The van der Waals surface area contributed by atoms with Crippen molar-refractivity contribution < 1.29 is 9.47 Å². The van der Waals surface area contributed by atoms with Gasteiger partial charge in [-0.25, -0.2) is 4.99 Å². The molecule has 0 radical (unpaired) electrons. The lowest BCUT2D eigenvalue weighted by molar-refractivity contribution is 0.119. The molecule has 25 heavy (non-hydrogen) atoms. The normalized spacial score (nSPS) is 11.4. The SMILES string of the molecule is CCNC(=NCc1ccsc1)NCCCOCc1ccc(OC)cc1. The van der Waals surface area contributed by atoms with Crippen molar-refractivity contribution in [1.82, 2.24) is 10.6 Å². The van der Waals surface area contributed by atoms with E-state index >= 15 is 0 Å². The number of rotatable bonds is 10. The highest BCUT2D eigenvalue weighted by molar-refractivity contribution is 7.07. The molecule has 0 unspecified atom stereocenters. The maximum absolute atomic E-state index is 5.71. The molecule has 0 amide bonds. The van der Waals surface area contributed by atoms with Crippen LogP contribution in [0.5, 0.6) is 5.75 Å². The number of ether oxygens (including phenoxy) is 2. The molecule has 0 atom stereocenters. The zero-order valence-corrected chi connectivity index (χ0v) is 15.8. The highest BCUT2D eigenvalue weighted by Crippen LogP contribution is 2.11. The lowest BCUT2D eigenvalue weighted by Gasteiger charge is -2.11. The minimum absolute atomic E-state index is 0.621. The second kappa shape index (κ2) is 11.5. The molecular weight excluding hydrogens is 334 g/mol. The Labute approximate surface area is 154 Å². The Morgan fingerprint density at radius 1 is 1.12 bits per heavy atom. The van der Waals surface area contributed by atoms with Crippen LogP contribution in [0.3, 0.4) is 0 Å². The van der Waals surface area contributed by atoms with Crippen LogP contribution in [-0.2, 0) is 17.9 Å². The van der Waals surface area contributed by atoms with E-state index in [0.717, 1.165) is 36.8 Å². The molecule has 1 aromatic heterocycles. The lowest BCUT2D eigenvalue weighted by atomic mass is 10.2. The van der Waals surface area contributed by atoms with Gasteiger partial charge in [0.15, 0.2) is 5.96 Å². The number of nitrogens with zero attached hydrogens (tertiary/aromatic N) is 1. The predicted molar refractivity (Wildman–Crippen MR) is 104 cm³/mol. The zero-order chi connectivity index (χ0) is 17.7. The Kier molecular flexibility index (Phi) is 8.86. The van der Waals surface area contributed by atoms with Crippen molar-refractivity contribution in [2.24, 2.45) is 4.99 Å². The molecule has 0 aliphatic heterocycles. The van der Waals surface area contributed by atoms with E-state index < -0.39 is 0 Å². The maximum atomic E-state index is 5.71. The van der Waals surface area contributed by atoms with Crippen LogP contribution >= 0.6 is 11.3 Å². The van der Waals surface area contributed by atoms with E-state index in [1.807, 2.05) is 24.3 Å². The summed E-state index contributed by atoms with van der Waals surface area (Å²) in [7, 11) is 1.67. The van der Waals surface area contributed by atoms with E-state index in [4.69, 9.17) is 9.47 Å². The summed E-state index contributed by atoms with van der Waals surface area (Å²) in [5.74, 6) is 1.72. The van der Waals surface area contributed by atoms with Gasteiger partial charge in [0.05, 0.1) is 20.3 Å². The second-order valence-corrected chi connectivity index (χ2v) is 6.29. The van der Waals surface area contributed by atoms with Gasteiger partial charge in [-0.2, -0.15) is 11.3 Å². The van der Waals surface area contributed by atoms with Crippen LogP contribution in [0.2, 0.25) is 0 Å². The van der Waals surface area contributed by atoms with E-state index in [1.54, 1.807) is 18.4 Å². The van der Waals surface area contributed by atoms with Crippen molar-refractivity contribution >= 4 is 17.3 Å². The van der Waals surface area contributed by atoms with E-state index in [-0.39, 0.29) is 0 Å². The largest absolute Gasteiger partial charge is 0.497 e. The molecule has 1 aromatic carbocycles. The van der Waals surface area contributed by atoms with Crippen molar-refractivity contribution in [3.63, 3.8) is 0 Å². The smallest absolute Gasteiger partial charge is 0.191 e. The molecule has 0 fully saturated rings. The van der Waals surface area contributed by atoms with Gasteiger partial charge < -0.3 is 20.1 Å². The zero-order valence-electron chi connectivity index (χ0n) is 15.0. The van der Waals surface area contributed by atoms with Crippen LogP contribution < -0.4 is 15.4 Å². The molecule has 0 bridgehead atoms.